The van der Waals surface area contributed by atoms with Crippen molar-refractivity contribution in [1.29, 1.82) is 0 Å². The Bertz CT molecular complexity index is 486. The third-order valence-corrected chi connectivity index (χ3v) is 2.41. The highest BCUT2D eigenvalue weighted by molar-refractivity contribution is 5.38. The molecule has 0 saturated carbocycles. The lowest BCUT2D eigenvalue weighted by atomic mass is 10.2. The second-order valence-electron chi connectivity index (χ2n) is 3.78. The van der Waals surface area contributed by atoms with Crippen molar-refractivity contribution in [3.05, 3.63) is 35.7 Å². The van der Waals surface area contributed by atoms with Gasteiger partial charge in [0.1, 0.15) is 11.5 Å². The van der Waals surface area contributed by atoms with Crippen LogP contribution >= 0.6 is 0 Å². The number of ether oxygens (including phenoxy) is 2. The summed E-state index contributed by atoms with van der Waals surface area (Å²) in [6.45, 7) is 2.56. The van der Waals surface area contributed by atoms with Gasteiger partial charge in [0.25, 0.3) is 0 Å². The number of rotatable bonds is 4. The van der Waals surface area contributed by atoms with Crippen LogP contribution in [0.2, 0.25) is 0 Å². The van der Waals surface area contributed by atoms with Crippen LogP contribution in [0.3, 0.4) is 0 Å². The van der Waals surface area contributed by atoms with Gasteiger partial charge in [0.15, 0.2) is 0 Å². The van der Waals surface area contributed by atoms with Crippen LogP contribution in [0.4, 0.5) is 0 Å². The Morgan fingerprint density at radius 3 is 2.24 bits per heavy atom. The first-order valence-corrected chi connectivity index (χ1v) is 5.30. The standard InChI is InChI=1S/C12H15N3O2/c1-9-7-15(14-13-9)8-10-4-11(16-2)6-12(5-10)17-3/h4-7H,8H2,1-3H3. The fraction of sp³-hybridized carbons (Fsp3) is 0.333. The Morgan fingerprint density at radius 2 is 1.76 bits per heavy atom. The average molecular weight is 233 g/mol. The van der Waals surface area contributed by atoms with Crippen LogP contribution in [0, 0.1) is 6.92 Å². The van der Waals surface area contributed by atoms with E-state index in [4.69, 9.17) is 9.47 Å². The fourth-order valence-electron chi connectivity index (χ4n) is 1.62. The first-order valence-electron chi connectivity index (χ1n) is 5.30. The third kappa shape index (κ3) is 2.75. The molecule has 2 rings (SSSR count). The molecule has 1 aromatic heterocycles. The van der Waals surface area contributed by atoms with Crippen LogP contribution in [0.1, 0.15) is 11.3 Å². The van der Waals surface area contributed by atoms with E-state index in [1.807, 2.05) is 31.3 Å². The highest BCUT2D eigenvalue weighted by Crippen LogP contribution is 2.22. The highest BCUT2D eigenvalue weighted by atomic mass is 16.5. The van der Waals surface area contributed by atoms with Crippen molar-refractivity contribution in [2.45, 2.75) is 13.5 Å². The van der Waals surface area contributed by atoms with Crippen molar-refractivity contribution in [2.24, 2.45) is 0 Å². The van der Waals surface area contributed by atoms with Crippen molar-refractivity contribution in [1.82, 2.24) is 15.0 Å². The van der Waals surface area contributed by atoms with E-state index >= 15 is 0 Å². The van der Waals surface area contributed by atoms with E-state index in [1.165, 1.54) is 0 Å². The van der Waals surface area contributed by atoms with Gasteiger partial charge in [-0.25, -0.2) is 4.68 Å². The molecular formula is C12H15N3O2. The highest BCUT2D eigenvalue weighted by Gasteiger charge is 2.03. The van der Waals surface area contributed by atoms with Crippen molar-refractivity contribution >= 4 is 0 Å². The Morgan fingerprint density at radius 1 is 1.12 bits per heavy atom. The molecule has 0 radical (unpaired) electrons. The van der Waals surface area contributed by atoms with Gasteiger partial charge in [0.2, 0.25) is 0 Å². The summed E-state index contributed by atoms with van der Waals surface area (Å²) in [5.41, 5.74) is 1.96. The van der Waals surface area contributed by atoms with Gasteiger partial charge in [-0.1, -0.05) is 5.21 Å². The summed E-state index contributed by atoms with van der Waals surface area (Å²) in [7, 11) is 3.27. The molecule has 5 heteroatoms. The number of hydrogen-bond donors (Lipinski definition) is 0. The van der Waals surface area contributed by atoms with Crippen LogP contribution in [0.25, 0.3) is 0 Å². The summed E-state index contributed by atoms with van der Waals surface area (Å²) in [6.07, 6.45) is 1.89. The molecule has 0 amide bonds. The summed E-state index contributed by atoms with van der Waals surface area (Å²) < 4.78 is 12.2. The Kier molecular flexibility index (Phi) is 3.27. The minimum atomic E-state index is 0.647. The molecule has 5 nitrogen and oxygen atoms in total. The molecular weight excluding hydrogens is 218 g/mol. The van der Waals surface area contributed by atoms with Crippen LogP contribution in [0.15, 0.2) is 24.4 Å². The van der Waals surface area contributed by atoms with Gasteiger partial charge < -0.3 is 9.47 Å². The predicted molar refractivity (Wildman–Crippen MR) is 63.4 cm³/mol. The van der Waals surface area contributed by atoms with E-state index in [2.05, 4.69) is 10.3 Å². The van der Waals surface area contributed by atoms with E-state index in [0.29, 0.717) is 6.54 Å². The lowest BCUT2D eigenvalue weighted by Crippen LogP contribution is -2.01. The summed E-state index contributed by atoms with van der Waals surface area (Å²) in [5.74, 6) is 1.55. The SMILES string of the molecule is COc1cc(Cn2cc(C)nn2)cc(OC)c1. The molecule has 0 atom stereocenters. The molecule has 0 fully saturated rings. The minimum Gasteiger partial charge on any atom is -0.497 e. The maximum Gasteiger partial charge on any atom is 0.122 e. The molecule has 17 heavy (non-hydrogen) atoms. The van der Waals surface area contributed by atoms with Crippen molar-refractivity contribution in [3.63, 3.8) is 0 Å². The molecule has 0 unspecified atom stereocenters. The topological polar surface area (TPSA) is 49.2 Å². The number of aromatic nitrogens is 3. The van der Waals surface area contributed by atoms with Crippen LogP contribution in [-0.4, -0.2) is 29.2 Å². The van der Waals surface area contributed by atoms with Gasteiger partial charge in [-0.3, -0.25) is 0 Å². The molecule has 0 aliphatic carbocycles. The van der Waals surface area contributed by atoms with Gasteiger partial charge in [-0.2, -0.15) is 0 Å². The summed E-state index contributed by atoms with van der Waals surface area (Å²) in [6, 6.07) is 5.76. The molecule has 2 aromatic rings. The summed E-state index contributed by atoms with van der Waals surface area (Å²) >= 11 is 0. The maximum absolute atomic E-state index is 5.21. The van der Waals surface area contributed by atoms with Crippen molar-refractivity contribution in [2.75, 3.05) is 14.2 Å². The van der Waals surface area contributed by atoms with E-state index in [1.54, 1.807) is 18.9 Å². The Labute approximate surface area is 100.0 Å². The van der Waals surface area contributed by atoms with E-state index in [0.717, 1.165) is 22.8 Å². The third-order valence-electron chi connectivity index (χ3n) is 2.41. The fourth-order valence-corrected chi connectivity index (χ4v) is 1.62. The molecule has 1 heterocycles. The maximum atomic E-state index is 5.21. The van der Waals surface area contributed by atoms with Gasteiger partial charge in [-0.05, 0) is 24.6 Å². The number of nitrogens with zero attached hydrogens (tertiary/aromatic N) is 3. The quantitative estimate of drug-likeness (QED) is 0.805. The first kappa shape index (κ1) is 11.4. The van der Waals surface area contributed by atoms with Crippen molar-refractivity contribution in [3.8, 4) is 11.5 Å². The molecule has 1 aromatic carbocycles. The zero-order chi connectivity index (χ0) is 12.3. The predicted octanol–water partition coefficient (Wildman–Crippen LogP) is 1.65. The molecule has 0 aliphatic heterocycles. The lowest BCUT2D eigenvalue weighted by molar-refractivity contribution is 0.393. The first-order chi connectivity index (χ1) is 8.21. The Balaban J connectivity index is 2.25. The van der Waals surface area contributed by atoms with E-state index in [-0.39, 0.29) is 0 Å². The largest absolute Gasteiger partial charge is 0.497 e. The zero-order valence-corrected chi connectivity index (χ0v) is 10.2. The van der Waals surface area contributed by atoms with Crippen LogP contribution in [0.5, 0.6) is 11.5 Å². The monoisotopic (exact) mass is 233 g/mol. The van der Waals surface area contributed by atoms with Gasteiger partial charge in [-0.15, -0.1) is 5.10 Å². The lowest BCUT2D eigenvalue weighted by Gasteiger charge is -2.08. The molecule has 0 aliphatic rings. The average Bonchev–Trinajstić information content (AvgIpc) is 2.74. The second kappa shape index (κ2) is 4.86. The van der Waals surface area contributed by atoms with Gasteiger partial charge in [0, 0.05) is 12.3 Å². The van der Waals surface area contributed by atoms with E-state index in [9.17, 15) is 0 Å². The molecule has 0 spiro atoms. The van der Waals surface area contributed by atoms with E-state index < -0.39 is 0 Å². The second-order valence-corrected chi connectivity index (χ2v) is 3.78. The number of methoxy groups -OCH3 is 2. The number of benzene rings is 1. The van der Waals surface area contributed by atoms with Gasteiger partial charge in [0.05, 0.1) is 26.5 Å². The molecule has 0 bridgehead atoms. The molecule has 0 saturated heterocycles. The van der Waals surface area contributed by atoms with Crippen LogP contribution in [-0.2, 0) is 6.54 Å². The Hall–Kier alpha value is -2.04. The van der Waals surface area contributed by atoms with Crippen LogP contribution < -0.4 is 9.47 Å². The summed E-state index contributed by atoms with van der Waals surface area (Å²) in [5, 5.41) is 7.96. The smallest absolute Gasteiger partial charge is 0.122 e. The van der Waals surface area contributed by atoms with Crippen molar-refractivity contribution < 1.29 is 9.47 Å². The molecule has 90 valence electrons. The minimum absolute atomic E-state index is 0.647. The number of aryl methyl sites for hydroxylation is 1. The number of hydrogen-bond acceptors (Lipinski definition) is 4. The molecule has 0 N–H and O–H groups in total. The normalized spacial score (nSPS) is 10.3. The van der Waals surface area contributed by atoms with Gasteiger partial charge >= 0.3 is 0 Å². The zero-order valence-electron chi connectivity index (χ0n) is 10.2. The summed E-state index contributed by atoms with van der Waals surface area (Å²) in [4.78, 5) is 0.